The normalized spacial score (nSPS) is 21.5. The first-order valence-corrected chi connectivity index (χ1v) is 11.5. The van der Waals surface area contributed by atoms with Crippen LogP contribution in [0.1, 0.15) is 30.9 Å². The molecule has 3 aliphatic heterocycles. The minimum absolute atomic E-state index is 0.308. The van der Waals surface area contributed by atoms with E-state index in [1.165, 1.54) is 18.7 Å². The summed E-state index contributed by atoms with van der Waals surface area (Å²) in [5.41, 5.74) is 3.53. The molecule has 7 heteroatoms. The maximum Gasteiger partial charge on any atom is 0.212 e. The van der Waals surface area contributed by atoms with E-state index in [0.717, 1.165) is 42.3 Å². The Kier molecular flexibility index (Phi) is 5.56. The van der Waals surface area contributed by atoms with Crippen molar-refractivity contribution in [2.45, 2.75) is 33.3 Å². The van der Waals surface area contributed by atoms with Gasteiger partial charge in [0, 0.05) is 60.5 Å². The number of aryl methyl sites for hydroxylation is 1. The maximum absolute atomic E-state index is 6.15. The number of nitrogens with zero attached hydrogens (tertiary/aromatic N) is 4. The molecule has 0 saturated carbocycles. The summed E-state index contributed by atoms with van der Waals surface area (Å²) in [5.74, 6) is 3.37. The highest BCUT2D eigenvalue weighted by molar-refractivity contribution is 5.63. The van der Waals surface area contributed by atoms with Crippen molar-refractivity contribution >= 4 is 5.69 Å². The number of hydrogen-bond donors (Lipinski definition) is 0. The van der Waals surface area contributed by atoms with Crippen molar-refractivity contribution in [2.75, 3.05) is 38.9 Å². The molecule has 1 aromatic carbocycles. The standard InChI is InChI=1S/C26H32N4O3/c1-19-12-22(31-3)23(33-16-20-6-7-24(32-4)27-15-20)13-21(19)29-10-11-30(18-29)25-14-26(2)8-5-9-28(25)17-26/h6-7,10-15H,5,8-9,16-18H2,1-4H3. The molecule has 0 N–H and O–H groups in total. The summed E-state index contributed by atoms with van der Waals surface area (Å²) in [6.45, 7) is 7.95. The van der Waals surface area contributed by atoms with E-state index in [1.54, 1.807) is 20.4 Å². The number of rotatable bonds is 7. The van der Waals surface area contributed by atoms with Crippen molar-refractivity contribution in [1.82, 2.24) is 14.8 Å². The van der Waals surface area contributed by atoms with Crippen molar-refractivity contribution in [2.24, 2.45) is 5.41 Å². The van der Waals surface area contributed by atoms with E-state index in [9.17, 15) is 0 Å². The molecule has 1 fully saturated rings. The number of piperidine rings is 1. The molecule has 4 heterocycles. The zero-order valence-electron chi connectivity index (χ0n) is 19.9. The summed E-state index contributed by atoms with van der Waals surface area (Å²) >= 11 is 0. The Labute approximate surface area is 195 Å². The molecule has 2 bridgehead atoms. The first-order chi connectivity index (χ1) is 16.0. The molecule has 0 spiro atoms. The number of benzene rings is 1. The van der Waals surface area contributed by atoms with E-state index in [4.69, 9.17) is 14.2 Å². The molecule has 1 atom stereocenters. The highest BCUT2D eigenvalue weighted by atomic mass is 16.5. The highest BCUT2D eigenvalue weighted by Gasteiger charge is 2.39. The van der Waals surface area contributed by atoms with E-state index in [0.29, 0.717) is 23.7 Å². The fraction of sp³-hybridized carbons (Fsp3) is 0.423. The zero-order valence-corrected chi connectivity index (χ0v) is 19.9. The lowest BCUT2D eigenvalue weighted by Gasteiger charge is -2.34. The number of fused-ring (bicyclic) bond motifs is 2. The molecule has 174 valence electrons. The van der Waals surface area contributed by atoms with E-state index in [1.807, 2.05) is 18.2 Å². The highest BCUT2D eigenvalue weighted by Crippen LogP contribution is 2.42. The number of ether oxygens (including phenoxy) is 3. The molecule has 33 heavy (non-hydrogen) atoms. The molecule has 1 unspecified atom stereocenters. The largest absolute Gasteiger partial charge is 0.493 e. The SMILES string of the molecule is COc1ccc(COc2cc(N3C=CN(C4=CC5(C)CCCN4C5)C3)c(C)cc2OC)cn1. The minimum atomic E-state index is 0.308. The average Bonchev–Trinajstić information content (AvgIpc) is 3.39. The molecular weight excluding hydrogens is 416 g/mol. The van der Waals surface area contributed by atoms with Gasteiger partial charge in [0.05, 0.1) is 14.2 Å². The molecule has 1 saturated heterocycles. The summed E-state index contributed by atoms with van der Waals surface area (Å²) in [6, 6.07) is 7.90. The number of anilines is 1. The summed E-state index contributed by atoms with van der Waals surface area (Å²) < 4.78 is 16.9. The third kappa shape index (κ3) is 4.19. The van der Waals surface area contributed by atoms with Crippen LogP contribution >= 0.6 is 0 Å². The molecule has 5 rings (SSSR count). The van der Waals surface area contributed by atoms with Gasteiger partial charge in [-0.1, -0.05) is 6.92 Å². The lowest BCUT2D eigenvalue weighted by molar-refractivity contribution is 0.185. The van der Waals surface area contributed by atoms with Crippen molar-refractivity contribution in [3.63, 3.8) is 0 Å². The van der Waals surface area contributed by atoms with Crippen LogP contribution < -0.4 is 19.1 Å². The topological polar surface area (TPSA) is 50.3 Å². The molecule has 0 aliphatic carbocycles. The summed E-state index contributed by atoms with van der Waals surface area (Å²) in [6.07, 6.45) is 11.1. The van der Waals surface area contributed by atoms with Crippen LogP contribution in [0.5, 0.6) is 17.4 Å². The van der Waals surface area contributed by atoms with Gasteiger partial charge in [0.2, 0.25) is 5.88 Å². The van der Waals surface area contributed by atoms with Gasteiger partial charge in [-0.25, -0.2) is 4.98 Å². The molecule has 0 radical (unpaired) electrons. The first-order valence-electron chi connectivity index (χ1n) is 11.5. The van der Waals surface area contributed by atoms with Crippen molar-refractivity contribution < 1.29 is 14.2 Å². The fourth-order valence-electron chi connectivity index (χ4n) is 4.98. The van der Waals surface area contributed by atoms with Crippen LogP contribution in [0.15, 0.2) is 54.8 Å². The summed E-state index contributed by atoms with van der Waals surface area (Å²) in [7, 11) is 3.28. The number of aromatic nitrogens is 1. The Morgan fingerprint density at radius 1 is 1.06 bits per heavy atom. The van der Waals surface area contributed by atoms with E-state index < -0.39 is 0 Å². The zero-order chi connectivity index (χ0) is 23.0. The Bertz CT molecular complexity index is 1080. The molecule has 7 nitrogen and oxygen atoms in total. The van der Waals surface area contributed by atoms with Crippen molar-refractivity contribution in [3.05, 3.63) is 65.9 Å². The van der Waals surface area contributed by atoms with E-state index in [-0.39, 0.29) is 0 Å². The van der Waals surface area contributed by atoms with Crippen molar-refractivity contribution in [1.29, 1.82) is 0 Å². The van der Waals surface area contributed by atoms with Gasteiger partial charge in [-0.3, -0.25) is 0 Å². The minimum Gasteiger partial charge on any atom is -0.493 e. The van der Waals surface area contributed by atoms with Gasteiger partial charge in [-0.15, -0.1) is 0 Å². The number of hydrogen-bond acceptors (Lipinski definition) is 7. The van der Waals surface area contributed by atoms with Gasteiger partial charge in [-0.05, 0) is 43.5 Å². The Morgan fingerprint density at radius 3 is 2.64 bits per heavy atom. The van der Waals surface area contributed by atoms with Crippen LogP contribution in [-0.4, -0.2) is 48.8 Å². The summed E-state index contributed by atoms with van der Waals surface area (Å²) in [4.78, 5) is 11.4. The summed E-state index contributed by atoms with van der Waals surface area (Å²) in [5, 5.41) is 0. The second-order valence-electron chi connectivity index (χ2n) is 9.35. The molecular formula is C26H32N4O3. The lowest BCUT2D eigenvalue weighted by Crippen LogP contribution is -2.37. The third-order valence-corrected chi connectivity index (χ3v) is 6.75. The van der Waals surface area contributed by atoms with Gasteiger partial charge < -0.3 is 28.9 Å². The number of pyridine rings is 1. The van der Waals surface area contributed by atoms with Crippen LogP contribution in [0.25, 0.3) is 0 Å². The van der Waals surface area contributed by atoms with Crippen LogP contribution in [0.2, 0.25) is 0 Å². The molecule has 0 amide bonds. The van der Waals surface area contributed by atoms with Crippen LogP contribution in [0.3, 0.4) is 0 Å². The van der Waals surface area contributed by atoms with Crippen LogP contribution in [0, 0.1) is 12.3 Å². The van der Waals surface area contributed by atoms with Gasteiger partial charge in [0.1, 0.15) is 19.1 Å². The average molecular weight is 449 g/mol. The van der Waals surface area contributed by atoms with Gasteiger partial charge in [0.25, 0.3) is 0 Å². The molecule has 1 aromatic heterocycles. The lowest BCUT2D eigenvalue weighted by atomic mass is 9.85. The predicted molar refractivity (Wildman–Crippen MR) is 128 cm³/mol. The quantitative estimate of drug-likeness (QED) is 0.618. The maximum atomic E-state index is 6.15. The van der Waals surface area contributed by atoms with Gasteiger partial charge in [0.15, 0.2) is 11.5 Å². The van der Waals surface area contributed by atoms with Crippen LogP contribution in [-0.2, 0) is 6.61 Å². The monoisotopic (exact) mass is 448 g/mol. The number of methoxy groups -OCH3 is 2. The smallest absolute Gasteiger partial charge is 0.212 e. The Morgan fingerprint density at radius 2 is 1.91 bits per heavy atom. The third-order valence-electron chi connectivity index (χ3n) is 6.75. The molecule has 2 aromatic rings. The first kappa shape index (κ1) is 21.5. The second-order valence-corrected chi connectivity index (χ2v) is 9.35. The van der Waals surface area contributed by atoms with Gasteiger partial charge >= 0.3 is 0 Å². The fourth-order valence-corrected chi connectivity index (χ4v) is 4.98. The van der Waals surface area contributed by atoms with E-state index >= 15 is 0 Å². The predicted octanol–water partition coefficient (Wildman–Crippen LogP) is 4.49. The van der Waals surface area contributed by atoms with Crippen molar-refractivity contribution in [3.8, 4) is 17.4 Å². The van der Waals surface area contributed by atoms with Gasteiger partial charge in [-0.2, -0.15) is 0 Å². The Hall–Kier alpha value is -3.35. The van der Waals surface area contributed by atoms with E-state index in [2.05, 4.69) is 58.1 Å². The second kappa shape index (κ2) is 8.54. The van der Waals surface area contributed by atoms with Crippen LogP contribution in [0.4, 0.5) is 5.69 Å². The Balaban J connectivity index is 1.33. The molecule has 3 aliphatic rings.